The quantitative estimate of drug-likeness (QED) is 0.691. The Bertz CT molecular complexity index is 1130. The fourth-order valence-corrected chi connectivity index (χ4v) is 3.96. The van der Waals surface area contributed by atoms with Crippen LogP contribution in [0.25, 0.3) is 10.8 Å². The Kier molecular flexibility index (Phi) is 5.76. The van der Waals surface area contributed by atoms with E-state index in [2.05, 4.69) is 5.32 Å². The summed E-state index contributed by atoms with van der Waals surface area (Å²) in [4.78, 5) is 12.3. The number of carbonyl (C=O) groups excluding carboxylic acids is 1. The highest BCUT2D eigenvalue weighted by Gasteiger charge is 2.23. The number of aryl methyl sites for hydroxylation is 1. The number of carbonyl (C=O) groups is 1. The van der Waals surface area contributed by atoms with E-state index in [1.807, 2.05) is 24.3 Å². The molecule has 0 aliphatic rings. The van der Waals surface area contributed by atoms with E-state index in [1.54, 1.807) is 31.2 Å². The van der Waals surface area contributed by atoms with Crippen molar-refractivity contribution in [3.63, 3.8) is 0 Å². The molecule has 0 aliphatic heterocycles. The topological polar surface area (TPSA) is 66.5 Å². The van der Waals surface area contributed by atoms with Gasteiger partial charge in [0, 0.05) is 13.6 Å². The molecule has 0 aromatic heterocycles. The first-order valence-electron chi connectivity index (χ1n) is 8.74. The summed E-state index contributed by atoms with van der Waals surface area (Å²) in [7, 11) is -2.45. The summed E-state index contributed by atoms with van der Waals surface area (Å²) >= 11 is 0. The van der Waals surface area contributed by atoms with Crippen LogP contribution in [0.15, 0.2) is 65.6 Å². The van der Waals surface area contributed by atoms with Crippen LogP contribution >= 0.6 is 0 Å². The predicted octanol–water partition coefficient (Wildman–Crippen LogP) is 3.22. The van der Waals surface area contributed by atoms with Gasteiger partial charge in [-0.1, -0.05) is 42.5 Å². The Labute approximate surface area is 163 Å². The van der Waals surface area contributed by atoms with Gasteiger partial charge in [0.25, 0.3) is 0 Å². The lowest BCUT2D eigenvalue weighted by Crippen LogP contribution is -2.38. The van der Waals surface area contributed by atoms with Crippen LogP contribution < -0.4 is 5.32 Å². The molecular weight excluding hydrogens is 379 g/mol. The van der Waals surface area contributed by atoms with Gasteiger partial charge >= 0.3 is 0 Å². The van der Waals surface area contributed by atoms with Gasteiger partial charge in [0.15, 0.2) is 0 Å². The molecule has 7 heteroatoms. The molecule has 0 saturated carbocycles. The molecule has 0 heterocycles. The highest BCUT2D eigenvalue weighted by atomic mass is 32.2. The van der Waals surface area contributed by atoms with Crippen molar-refractivity contribution in [1.82, 2.24) is 9.62 Å². The van der Waals surface area contributed by atoms with Gasteiger partial charge < -0.3 is 5.32 Å². The van der Waals surface area contributed by atoms with E-state index in [4.69, 9.17) is 0 Å². The molecule has 0 fully saturated rings. The van der Waals surface area contributed by atoms with Gasteiger partial charge in [-0.25, -0.2) is 12.8 Å². The fraction of sp³-hybridized carbons (Fsp3) is 0.190. The molecule has 5 nitrogen and oxygen atoms in total. The average molecular weight is 400 g/mol. The Morgan fingerprint density at radius 2 is 1.75 bits per heavy atom. The second kappa shape index (κ2) is 8.08. The van der Waals surface area contributed by atoms with Crippen molar-refractivity contribution in [2.45, 2.75) is 18.4 Å². The average Bonchev–Trinajstić information content (AvgIpc) is 2.68. The van der Waals surface area contributed by atoms with E-state index in [0.717, 1.165) is 15.1 Å². The molecule has 28 heavy (non-hydrogen) atoms. The summed E-state index contributed by atoms with van der Waals surface area (Å²) in [6, 6.07) is 17.0. The van der Waals surface area contributed by atoms with E-state index in [1.165, 1.54) is 19.2 Å². The van der Waals surface area contributed by atoms with Gasteiger partial charge in [-0.05, 0) is 47.0 Å². The van der Waals surface area contributed by atoms with Crippen LogP contribution in [0.2, 0.25) is 0 Å². The van der Waals surface area contributed by atoms with Crippen molar-refractivity contribution >= 4 is 26.7 Å². The zero-order valence-electron chi connectivity index (χ0n) is 15.6. The van der Waals surface area contributed by atoms with Gasteiger partial charge in [0.2, 0.25) is 15.9 Å². The maximum absolute atomic E-state index is 13.6. The minimum Gasteiger partial charge on any atom is -0.351 e. The number of benzene rings is 3. The molecule has 3 aromatic rings. The molecule has 0 spiro atoms. The summed E-state index contributed by atoms with van der Waals surface area (Å²) < 4.78 is 40.1. The molecule has 0 aliphatic carbocycles. The Morgan fingerprint density at radius 1 is 1.04 bits per heavy atom. The van der Waals surface area contributed by atoms with Gasteiger partial charge in [0.05, 0.1) is 11.4 Å². The first-order chi connectivity index (χ1) is 13.3. The monoisotopic (exact) mass is 400 g/mol. The van der Waals surface area contributed by atoms with Gasteiger partial charge in [-0.2, -0.15) is 4.31 Å². The van der Waals surface area contributed by atoms with Crippen LogP contribution in [-0.4, -0.2) is 32.2 Å². The molecule has 3 rings (SSSR count). The van der Waals surface area contributed by atoms with E-state index < -0.39 is 15.9 Å². The smallest absolute Gasteiger partial charge is 0.243 e. The molecular formula is C21H21FN2O3S. The van der Waals surface area contributed by atoms with Gasteiger partial charge in [-0.15, -0.1) is 0 Å². The predicted molar refractivity (Wildman–Crippen MR) is 107 cm³/mol. The highest BCUT2D eigenvalue weighted by Crippen LogP contribution is 2.21. The van der Waals surface area contributed by atoms with Crippen LogP contribution in [0.3, 0.4) is 0 Å². The van der Waals surface area contributed by atoms with Crippen LogP contribution in [0.1, 0.15) is 11.1 Å². The third kappa shape index (κ3) is 4.37. The summed E-state index contributed by atoms with van der Waals surface area (Å²) in [5.74, 6) is -0.810. The molecule has 0 bridgehead atoms. The molecule has 0 atom stereocenters. The number of hydrogen-bond acceptors (Lipinski definition) is 3. The van der Waals surface area contributed by atoms with Crippen molar-refractivity contribution in [3.05, 3.63) is 77.6 Å². The molecule has 3 aromatic carbocycles. The molecule has 0 unspecified atom stereocenters. The molecule has 146 valence electrons. The summed E-state index contributed by atoms with van der Waals surface area (Å²) in [6.45, 7) is 1.45. The number of amides is 1. The molecule has 1 amide bonds. The minimum absolute atomic E-state index is 0.125. The van der Waals surface area contributed by atoms with E-state index in [-0.39, 0.29) is 23.8 Å². The SMILES string of the molecule is Cc1ccc(CNC(=O)CN(C)S(=O)(=O)c2ccc3ccccc3c2)cc1F. The second-order valence-corrected chi connectivity index (χ2v) is 8.68. The first kappa shape index (κ1) is 20.0. The number of likely N-dealkylation sites (N-methyl/N-ethyl adjacent to an activating group) is 1. The van der Waals surface area contributed by atoms with Crippen LogP contribution in [-0.2, 0) is 21.4 Å². The van der Waals surface area contributed by atoms with Gasteiger partial charge in [-0.3, -0.25) is 4.79 Å². The van der Waals surface area contributed by atoms with Crippen LogP contribution in [0, 0.1) is 12.7 Å². The Hall–Kier alpha value is -2.77. The van der Waals surface area contributed by atoms with Gasteiger partial charge in [0.1, 0.15) is 5.82 Å². The Balaban J connectivity index is 1.66. The third-order valence-electron chi connectivity index (χ3n) is 4.52. The summed E-state index contributed by atoms with van der Waals surface area (Å²) in [5, 5.41) is 4.36. The van der Waals surface area contributed by atoms with Crippen molar-refractivity contribution in [1.29, 1.82) is 0 Å². The maximum atomic E-state index is 13.6. The van der Waals surface area contributed by atoms with E-state index >= 15 is 0 Å². The summed E-state index contributed by atoms with van der Waals surface area (Å²) in [6.07, 6.45) is 0. The highest BCUT2D eigenvalue weighted by molar-refractivity contribution is 7.89. The van der Waals surface area contributed by atoms with Crippen molar-refractivity contribution in [2.24, 2.45) is 0 Å². The van der Waals surface area contributed by atoms with Crippen molar-refractivity contribution in [2.75, 3.05) is 13.6 Å². The molecule has 1 N–H and O–H groups in total. The second-order valence-electron chi connectivity index (χ2n) is 6.63. The van der Waals surface area contributed by atoms with E-state index in [9.17, 15) is 17.6 Å². The number of nitrogens with one attached hydrogen (secondary N) is 1. The minimum atomic E-state index is -3.81. The number of halogens is 1. The molecule has 0 saturated heterocycles. The van der Waals surface area contributed by atoms with E-state index in [0.29, 0.717) is 11.1 Å². The fourth-order valence-electron chi connectivity index (χ4n) is 2.80. The number of nitrogens with zero attached hydrogens (tertiary/aromatic N) is 1. The lowest BCUT2D eigenvalue weighted by Gasteiger charge is -2.17. The normalized spacial score (nSPS) is 11.7. The zero-order chi connectivity index (χ0) is 20.3. The van der Waals surface area contributed by atoms with Crippen LogP contribution in [0.4, 0.5) is 4.39 Å². The standard InChI is InChI=1S/C21H21FN2O3S/c1-15-7-8-16(11-20(15)22)13-23-21(25)14-24(2)28(26,27)19-10-9-17-5-3-4-6-18(17)12-19/h3-12H,13-14H2,1-2H3,(H,23,25). The largest absolute Gasteiger partial charge is 0.351 e. The summed E-state index contributed by atoms with van der Waals surface area (Å²) in [5.41, 5.74) is 1.13. The number of fused-ring (bicyclic) bond motifs is 1. The lowest BCUT2D eigenvalue weighted by molar-refractivity contribution is -0.121. The number of sulfonamides is 1. The lowest BCUT2D eigenvalue weighted by atomic mass is 10.1. The van der Waals surface area contributed by atoms with Crippen molar-refractivity contribution < 1.29 is 17.6 Å². The van der Waals surface area contributed by atoms with Crippen molar-refractivity contribution in [3.8, 4) is 0 Å². The molecule has 0 radical (unpaired) electrons. The first-order valence-corrected chi connectivity index (χ1v) is 10.2. The third-order valence-corrected chi connectivity index (χ3v) is 6.32. The van der Waals surface area contributed by atoms with Crippen LogP contribution in [0.5, 0.6) is 0 Å². The number of rotatable bonds is 6. The zero-order valence-corrected chi connectivity index (χ0v) is 16.5. The Morgan fingerprint density at radius 3 is 2.46 bits per heavy atom. The number of hydrogen-bond donors (Lipinski definition) is 1. The maximum Gasteiger partial charge on any atom is 0.243 e.